The molecule has 1 aromatic heterocycles. The van der Waals surface area contributed by atoms with E-state index in [0.29, 0.717) is 18.1 Å². The van der Waals surface area contributed by atoms with Gasteiger partial charge in [-0.3, -0.25) is 4.79 Å². The van der Waals surface area contributed by atoms with Crippen LogP contribution >= 0.6 is 0 Å². The lowest BCUT2D eigenvalue weighted by molar-refractivity contribution is -0.154. The number of hydrogen-bond acceptors (Lipinski definition) is 6. The highest BCUT2D eigenvalue weighted by Crippen LogP contribution is 2.31. The molecule has 130 valence electrons. The van der Waals surface area contributed by atoms with Crippen molar-refractivity contribution >= 4 is 5.97 Å². The molecule has 1 aromatic rings. The summed E-state index contributed by atoms with van der Waals surface area (Å²) in [4.78, 5) is 16.2. The molecule has 0 unspecified atom stereocenters. The first-order valence-electron chi connectivity index (χ1n) is 8.62. The Labute approximate surface area is 138 Å². The summed E-state index contributed by atoms with van der Waals surface area (Å²) in [7, 11) is 0. The molecule has 6 heteroatoms. The Bertz CT molecular complexity index is 511. The molecule has 0 aliphatic heterocycles. The number of aromatic nitrogens is 2. The molecule has 0 bridgehead atoms. The van der Waals surface area contributed by atoms with Crippen molar-refractivity contribution in [2.75, 3.05) is 0 Å². The largest absolute Gasteiger partial charge is 0.460 e. The van der Waals surface area contributed by atoms with Gasteiger partial charge in [0.15, 0.2) is 5.82 Å². The van der Waals surface area contributed by atoms with E-state index in [1.807, 2.05) is 20.8 Å². The fourth-order valence-corrected chi connectivity index (χ4v) is 2.92. The average Bonchev–Trinajstić information content (AvgIpc) is 2.88. The quantitative estimate of drug-likeness (QED) is 0.855. The van der Waals surface area contributed by atoms with Crippen LogP contribution in [0.4, 0.5) is 0 Å². The van der Waals surface area contributed by atoms with E-state index in [9.17, 15) is 4.79 Å². The van der Waals surface area contributed by atoms with E-state index in [2.05, 4.69) is 10.1 Å². The van der Waals surface area contributed by atoms with Gasteiger partial charge in [-0.05, 0) is 33.6 Å². The van der Waals surface area contributed by atoms with Crippen molar-refractivity contribution in [3.05, 3.63) is 11.7 Å². The standard InChI is InChI=1S/C17H29N3O3/c1-16(2,3)22-14(21)10-9-13-19-15(20-23-13)17(18)11-7-5-4-6-8-12-17/h4-12,18H2,1-3H3. The SMILES string of the molecule is CC(C)(C)OC(=O)CCc1nc(C2(N)CCCCCCC2)no1. The smallest absolute Gasteiger partial charge is 0.306 e. The van der Waals surface area contributed by atoms with Gasteiger partial charge in [0.25, 0.3) is 0 Å². The number of carbonyl (C=O) groups is 1. The van der Waals surface area contributed by atoms with Gasteiger partial charge in [-0.2, -0.15) is 4.98 Å². The van der Waals surface area contributed by atoms with Gasteiger partial charge < -0.3 is 15.0 Å². The molecule has 0 radical (unpaired) electrons. The molecule has 1 saturated carbocycles. The number of nitrogens with zero attached hydrogens (tertiary/aromatic N) is 2. The fourth-order valence-electron chi connectivity index (χ4n) is 2.92. The van der Waals surface area contributed by atoms with Crippen molar-refractivity contribution < 1.29 is 14.1 Å². The lowest BCUT2D eigenvalue weighted by Gasteiger charge is -2.27. The minimum Gasteiger partial charge on any atom is -0.460 e. The first kappa shape index (κ1) is 17.9. The number of nitrogens with two attached hydrogens (primary N) is 1. The molecule has 0 atom stereocenters. The average molecular weight is 323 g/mol. The van der Waals surface area contributed by atoms with Crippen molar-refractivity contribution in [1.82, 2.24) is 10.1 Å². The molecule has 1 aliphatic carbocycles. The van der Waals surface area contributed by atoms with E-state index in [1.54, 1.807) is 0 Å². The minimum absolute atomic E-state index is 0.233. The number of hydrogen-bond donors (Lipinski definition) is 1. The summed E-state index contributed by atoms with van der Waals surface area (Å²) in [5.41, 5.74) is 5.56. The zero-order valence-electron chi connectivity index (χ0n) is 14.6. The predicted octanol–water partition coefficient (Wildman–Crippen LogP) is 3.24. The highest BCUT2D eigenvalue weighted by molar-refractivity contribution is 5.70. The summed E-state index contributed by atoms with van der Waals surface area (Å²) in [6.07, 6.45) is 8.29. The van der Waals surface area contributed by atoms with Crippen molar-refractivity contribution in [3.63, 3.8) is 0 Å². The van der Waals surface area contributed by atoms with Gasteiger partial charge in [-0.25, -0.2) is 0 Å². The molecule has 1 fully saturated rings. The van der Waals surface area contributed by atoms with E-state index >= 15 is 0 Å². The first-order chi connectivity index (χ1) is 10.8. The second-order valence-electron chi connectivity index (χ2n) is 7.52. The van der Waals surface area contributed by atoms with E-state index in [0.717, 1.165) is 25.7 Å². The summed E-state index contributed by atoms with van der Waals surface area (Å²) >= 11 is 0. The molecule has 23 heavy (non-hydrogen) atoms. The molecule has 6 nitrogen and oxygen atoms in total. The Morgan fingerprint density at radius 2 is 1.83 bits per heavy atom. The zero-order valence-corrected chi connectivity index (χ0v) is 14.6. The molecule has 0 amide bonds. The Morgan fingerprint density at radius 3 is 2.43 bits per heavy atom. The lowest BCUT2D eigenvalue weighted by Crippen LogP contribution is -2.38. The van der Waals surface area contributed by atoms with Gasteiger partial charge in [0.2, 0.25) is 5.89 Å². The van der Waals surface area contributed by atoms with Gasteiger partial charge in [-0.15, -0.1) is 0 Å². The number of carbonyl (C=O) groups excluding carboxylic acids is 1. The molecular formula is C17H29N3O3. The molecule has 1 aliphatic rings. The second kappa shape index (κ2) is 7.43. The van der Waals surface area contributed by atoms with E-state index in [4.69, 9.17) is 15.0 Å². The highest BCUT2D eigenvalue weighted by atomic mass is 16.6. The van der Waals surface area contributed by atoms with Crippen LogP contribution in [-0.2, 0) is 21.5 Å². The summed E-state index contributed by atoms with van der Waals surface area (Å²) in [5.74, 6) is 0.780. The maximum absolute atomic E-state index is 11.8. The predicted molar refractivity (Wildman–Crippen MR) is 86.6 cm³/mol. The number of ether oxygens (including phenoxy) is 1. The topological polar surface area (TPSA) is 91.2 Å². The van der Waals surface area contributed by atoms with Crippen molar-refractivity contribution in [2.24, 2.45) is 5.73 Å². The van der Waals surface area contributed by atoms with Crippen LogP contribution in [0.5, 0.6) is 0 Å². The highest BCUT2D eigenvalue weighted by Gasteiger charge is 2.32. The number of esters is 1. The van der Waals surface area contributed by atoms with Gasteiger partial charge in [0, 0.05) is 6.42 Å². The Hall–Kier alpha value is -1.43. The Balaban J connectivity index is 1.93. The van der Waals surface area contributed by atoms with Crippen LogP contribution in [-0.4, -0.2) is 21.7 Å². The third-order valence-corrected chi connectivity index (χ3v) is 4.12. The van der Waals surface area contributed by atoms with Crippen molar-refractivity contribution in [3.8, 4) is 0 Å². The van der Waals surface area contributed by atoms with E-state index < -0.39 is 11.1 Å². The summed E-state index contributed by atoms with van der Waals surface area (Å²) < 4.78 is 10.6. The van der Waals surface area contributed by atoms with Crippen LogP contribution in [0.2, 0.25) is 0 Å². The minimum atomic E-state index is -0.492. The van der Waals surface area contributed by atoms with Crippen LogP contribution in [0.25, 0.3) is 0 Å². The Morgan fingerprint density at radius 1 is 1.22 bits per heavy atom. The molecule has 0 saturated heterocycles. The van der Waals surface area contributed by atoms with Gasteiger partial charge in [0.05, 0.1) is 12.0 Å². The molecule has 2 N–H and O–H groups in total. The summed E-state index contributed by atoms with van der Waals surface area (Å²) in [5, 5.41) is 4.07. The van der Waals surface area contributed by atoms with Crippen LogP contribution < -0.4 is 5.73 Å². The zero-order chi connectivity index (χ0) is 16.9. The molecular weight excluding hydrogens is 294 g/mol. The van der Waals surface area contributed by atoms with Crippen LogP contribution in [0, 0.1) is 0 Å². The van der Waals surface area contributed by atoms with Gasteiger partial charge in [-0.1, -0.05) is 37.3 Å². The molecule has 1 heterocycles. The second-order valence-corrected chi connectivity index (χ2v) is 7.52. The first-order valence-corrected chi connectivity index (χ1v) is 8.62. The lowest BCUT2D eigenvalue weighted by atomic mass is 9.84. The third-order valence-electron chi connectivity index (χ3n) is 4.12. The van der Waals surface area contributed by atoms with Crippen molar-refractivity contribution in [2.45, 2.75) is 89.7 Å². The fraction of sp³-hybridized carbons (Fsp3) is 0.824. The van der Waals surface area contributed by atoms with E-state index in [-0.39, 0.29) is 12.4 Å². The number of rotatable bonds is 4. The third kappa shape index (κ3) is 5.61. The molecule has 2 rings (SSSR count). The molecule has 0 spiro atoms. The summed E-state index contributed by atoms with van der Waals surface area (Å²) in [6.45, 7) is 5.55. The maximum atomic E-state index is 11.8. The van der Waals surface area contributed by atoms with Gasteiger partial charge in [0.1, 0.15) is 5.60 Å². The van der Waals surface area contributed by atoms with Crippen molar-refractivity contribution in [1.29, 1.82) is 0 Å². The van der Waals surface area contributed by atoms with Gasteiger partial charge >= 0.3 is 5.97 Å². The summed E-state index contributed by atoms with van der Waals surface area (Å²) in [6, 6.07) is 0. The monoisotopic (exact) mass is 323 g/mol. The molecule has 0 aromatic carbocycles. The van der Waals surface area contributed by atoms with Crippen LogP contribution in [0.3, 0.4) is 0 Å². The Kier molecular flexibility index (Phi) is 5.79. The van der Waals surface area contributed by atoms with Crippen LogP contribution in [0.1, 0.15) is 83.9 Å². The number of aryl methyl sites for hydroxylation is 1. The normalized spacial score (nSPS) is 19.0. The van der Waals surface area contributed by atoms with Crippen LogP contribution in [0.15, 0.2) is 4.52 Å². The maximum Gasteiger partial charge on any atom is 0.306 e. The van der Waals surface area contributed by atoms with E-state index in [1.165, 1.54) is 19.3 Å².